The Labute approximate surface area is 152 Å². The van der Waals surface area contributed by atoms with Gasteiger partial charge in [-0.15, -0.1) is 0 Å². The largest absolute Gasteiger partial charge is 0.497 e. The first-order valence-corrected chi connectivity index (χ1v) is 9.76. The van der Waals surface area contributed by atoms with E-state index in [0.717, 1.165) is 45.0 Å². The number of methoxy groups -OCH3 is 1. The molecule has 2 aliphatic rings. The van der Waals surface area contributed by atoms with Crippen LogP contribution in [-0.4, -0.2) is 74.4 Å². The molecule has 1 saturated heterocycles. The van der Waals surface area contributed by atoms with E-state index >= 15 is 0 Å². The third-order valence-corrected chi connectivity index (χ3v) is 5.59. The fourth-order valence-electron chi connectivity index (χ4n) is 4.09. The second-order valence-corrected chi connectivity index (χ2v) is 7.22. The molecule has 3 rings (SSSR count). The number of ether oxygens (including phenoxy) is 1. The number of nitrogens with one attached hydrogen (secondary N) is 1. The molecule has 1 aromatic carbocycles. The lowest BCUT2D eigenvalue weighted by Crippen LogP contribution is -2.47. The summed E-state index contributed by atoms with van der Waals surface area (Å²) in [6, 6.07) is 7.03. The van der Waals surface area contributed by atoms with Gasteiger partial charge in [0.15, 0.2) is 0 Å². The Hall–Kier alpha value is -1.14. The smallest absolute Gasteiger partial charge is 0.119 e. The van der Waals surface area contributed by atoms with Gasteiger partial charge in [-0.3, -0.25) is 4.90 Å². The zero-order chi connectivity index (χ0) is 17.5. The highest BCUT2D eigenvalue weighted by Crippen LogP contribution is 2.32. The van der Waals surface area contributed by atoms with Gasteiger partial charge in [-0.1, -0.05) is 6.07 Å². The summed E-state index contributed by atoms with van der Waals surface area (Å²) in [5.74, 6) is 0.972. The molecule has 1 aliphatic heterocycles. The summed E-state index contributed by atoms with van der Waals surface area (Å²) in [4.78, 5) is 4.90. The standard InChI is InChI=1S/C20H33N3O2/c1-25-18-6-7-19-17(16-18)4-2-5-20(19)21-8-3-9-22-10-12-23(13-11-22)14-15-24/h6-7,16,20-21,24H,2-5,8-15H2,1H3. The Morgan fingerprint density at radius 3 is 2.64 bits per heavy atom. The summed E-state index contributed by atoms with van der Waals surface area (Å²) in [7, 11) is 1.74. The van der Waals surface area contributed by atoms with Crippen molar-refractivity contribution in [3.63, 3.8) is 0 Å². The fourth-order valence-corrected chi connectivity index (χ4v) is 4.09. The van der Waals surface area contributed by atoms with Crippen molar-refractivity contribution in [3.05, 3.63) is 29.3 Å². The number of piperazine rings is 1. The zero-order valence-electron chi connectivity index (χ0n) is 15.5. The fraction of sp³-hybridized carbons (Fsp3) is 0.700. The van der Waals surface area contributed by atoms with E-state index in [1.807, 2.05) is 0 Å². The summed E-state index contributed by atoms with van der Waals surface area (Å²) in [5, 5.41) is 12.8. The minimum atomic E-state index is 0.276. The minimum Gasteiger partial charge on any atom is -0.497 e. The average molecular weight is 348 g/mol. The van der Waals surface area contributed by atoms with E-state index in [0.29, 0.717) is 6.04 Å². The molecule has 1 aromatic rings. The van der Waals surface area contributed by atoms with Crippen molar-refractivity contribution in [2.45, 2.75) is 31.7 Å². The van der Waals surface area contributed by atoms with E-state index in [-0.39, 0.29) is 6.61 Å². The maximum atomic E-state index is 9.01. The molecule has 1 atom stereocenters. The highest BCUT2D eigenvalue weighted by Gasteiger charge is 2.20. The van der Waals surface area contributed by atoms with Gasteiger partial charge in [0.1, 0.15) is 5.75 Å². The van der Waals surface area contributed by atoms with E-state index in [1.54, 1.807) is 7.11 Å². The molecular weight excluding hydrogens is 314 g/mol. The quantitative estimate of drug-likeness (QED) is 0.701. The zero-order valence-corrected chi connectivity index (χ0v) is 15.5. The Kier molecular flexibility index (Phi) is 7.11. The van der Waals surface area contributed by atoms with E-state index in [2.05, 4.69) is 33.3 Å². The Balaban J connectivity index is 1.39. The number of hydrogen-bond acceptors (Lipinski definition) is 5. The summed E-state index contributed by atoms with van der Waals surface area (Å²) in [6.07, 6.45) is 4.86. The molecule has 0 amide bonds. The van der Waals surface area contributed by atoms with Crippen molar-refractivity contribution in [2.24, 2.45) is 0 Å². The number of aryl methyl sites for hydroxylation is 1. The molecule has 5 nitrogen and oxygen atoms in total. The SMILES string of the molecule is COc1ccc2c(c1)CCCC2NCCCN1CCN(CCO)CC1. The molecule has 1 unspecified atom stereocenters. The molecule has 1 aliphatic carbocycles. The number of aliphatic hydroxyl groups is 1. The summed E-state index contributed by atoms with van der Waals surface area (Å²) in [5.41, 5.74) is 2.91. The first-order valence-electron chi connectivity index (χ1n) is 9.76. The molecule has 0 spiro atoms. The Bertz CT molecular complexity index is 530. The monoisotopic (exact) mass is 347 g/mol. The minimum absolute atomic E-state index is 0.276. The highest BCUT2D eigenvalue weighted by molar-refractivity contribution is 5.39. The lowest BCUT2D eigenvalue weighted by Gasteiger charge is -2.34. The third kappa shape index (κ3) is 5.17. The van der Waals surface area contributed by atoms with Gasteiger partial charge in [0, 0.05) is 38.8 Å². The van der Waals surface area contributed by atoms with Crippen molar-refractivity contribution in [1.29, 1.82) is 0 Å². The van der Waals surface area contributed by atoms with Crippen molar-refractivity contribution in [1.82, 2.24) is 15.1 Å². The molecule has 0 radical (unpaired) electrons. The van der Waals surface area contributed by atoms with Crippen LogP contribution >= 0.6 is 0 Å². The number of aliphatic hydroxyl groups excluding tert-OH is 1. The summed E-state index contributed by atoms with van der Waals surface area (Å²) in [6.45, 7) is 7.78. The Morgan fingerprint density at radius 2 is 1.92 bits per heavy atom. The van der Waals surface area contributed by atoms with Crippen LogP contribution in [0, 0.1) is 0 Å². The van der Waals surface area contributed by atoms with Gasteiger partial charge in [0.2, 0.25) is 0 Å². The lowest BCUT2D eigenvalue weighted by atomic mass is 9.87. The number of benzene rings is 1. The van der Waals surface area contributed by atoms with Gasteiger partial charge in [0.25, 0.3) is 0 Å². The number of nitrogens with zero attached hydrogens (tertiary/aromatic N) is 2. The molecule has 5 heteroatoms. The van der Waals surface area contributed by atoms with Crippen LogP contribution in [0.5, 0.6) is 5.75 Å². The predicted octanol–water partition coefficient (Wildman–Crippen LogP) is 1.66. The maximum absolute atomic E-state index is 9.01. The second kappa shape index (κ2) is 9.53. The maximum Gasteiger partial charge on any atom is 0.119 e. The molecule has 1 heterocycles. The topological polar surface area (TPSA) is 48.0 Å². The van der Waals surface area contributed by atoms with Crippen LogP contribution in [-0.2, 0) is 6.42 Å². The van der Waals surface area contributed by atoms with Crippen molar-refractivity contribution in [2.75, 3.05) is 59.5 Å². The van der Waals surface area contributed by atoms with E-state index in [1.165, 1.54) is 43.4 Å². The van der Waals surface area contributed by atoms with Gasteiger partial charge < -0.3 is 20.1 Å². The predicted molar refractivity (Wildman–Crippen MR) is 101 cm³/mol. The first-order chi connectivity index (χ1) is 12.3. The van der Waals surface area contributed by atoms with Crippen LogP contribution in [0.3, 0.4) is 0 Å². The molecule has 1 fully saturated rings. The number of hydrogen-bond donors (Lipinski definition) is 2. The van der Waals surface area contributed by atoms with Gasteiger partial charge in [-0.05, 0) is 62.0 Å². The summed E-state index contributed by atoms with van der Waals surface area (Å²) >= 11 is 0. The van der Waals surface area contributed by atoms with Crippen LogP contribution in [0.4, 0.5) is 0 Å². The van der Waals surface area contributed by atoms with E-state index in [4.69, 9.17) is 9.84 Å². The molecule has 140 valence electrons. The second-order valence-electron chi connectivity index (χ2n) is 7.22. The molecular formula is C20H33N3O2. The molecule has 0 saturated carbocycles. The van der Waals surface area contributed by atoms with Crippen molar-refractivity contribution in [3.8, 4) is 5.75 Å². The number of rotatable bonds is 8. The van der Waals surface area contributed by atoms with E-state index in [9.17, 15) is 0 Å². The van der Waals surface area contributed by atoms with Crippen LogP contribution in [0.15, 0.2) is 18.2 Å². The van der Waals surface area contributed by atoms with Crippen molar-refractivity contribution >= 4 is 0 Å². The normalized spacial score (nSPS) is 21.9. The van der Waals surface area contributed by atoms with Crippen LogP contribution in [0.25, 0.3) is 0 Å². The van der Waals surface area contributed by atoms with Gasteiger partial charge in [-0.25, -0.2) is 0 Å². The Morgan fingerprint density at radius 1 is 1.16 bits per heavy atom. The third-order valence-electron chi connectivity index (χ3n) is 5.59. The van der Waals surface area contributed by atoms with Gasteiger partial charge in [-0.2, -0.15) is 0 Å². The van der Waals surface area contributed by atoms with Crippen molar-refractivity contribution < 1.29 is 9.84 Å². The van der Waals surface area contributed by atoms with E-state index < -0.39 is 0 Å². The average Bonchev–Trinajstić information content (AvgIpc) is 2.66. The highest BCUT2D eigenvalue weighted by atomic mass is 16.5. The summed E-state index contributed by atoms with van der Waals surface area (Å²) < 4.78 is 5.36. The van der Waals surface area contributed by atoms with Gasteiger partial charge >= 0.3 is 0 Å². The lowest BCUT2D eigenvalue weighted by molar-refractivity contribution is 0.112. The molecule has 0 aromatic heterocycles. The number of fused-ring (bicyclic) bond motifs is 1. The van der Waals surface area contributed by atoms with Gasteiger partial charge in [0.05, 0.1) is 13.7 Å². The number of β-amino-alcohol motifs (C(OH)–C–C–N with tert-alkyl or cyclic N) is 1. The molecule has 25 heavy (non-hydrogen) atoms. The first kappa shape index (κ1) is 18.6. The van der Waals surface area contributed by atoms with Crippen LogP contribution < -0.4 is 10.1 Å². The van der Waals surface area contributed by atoms with Crippen LogP contribution in [0.1, 0.15) is 36.4 Å². The molecule has 2 N–H and O–H groups in total. The van der Waals surface area contributed by atoms with Crippen LogP contribution in [0.2, 0.25) is 0 Å². The molecule has 0 bridgehead atoms.